The quantitative estimate of drug-likeness (QED) is 0.487. The Morgan fingerprint density at radius 3 is 2.70 bits per heavy atom. The number of hydrogen-bond acceptors (Lipinski definition) is 6. The molecule has 2 aromatic heterocycles. The van der Waals surface area contributed by atoms with Crippen molar-refractivity contribution in [3.63, 3.8) is 0 Å². The Hall–Kier alpha value is -3.36. The second-order valence-electron chi connectivity index (χ2n) is 6.51. The Morgan fingerprint density at radius 1 is 1.20 bits per heavy atom. The summed E-state index contributed by atoms with van der Waals surface area (Å²) >= 11 is 0. The molecule has 30 heavy (non-hydrogen) atoms. The first kappa shape index (κ1) is 21.4. The summed E-state index contributed by atoms with van der Waals surface area (Å²) in [4.78, 5) is 20.8. The molecular formula is C21H19F3N2O4. The SMILES string of the molecule is COc1ccc(-c2nc(CCC(=O)c3ncccc3C)co2)cc1OCC(F)(F)F. The molecule has 3 aromatic rings. The molecule has 0 bridgehead atoms. The summed E-state index contributed by atoms with van der Waals surface area (Å²) in [5, 5.41) is 0. The lowest BCUT2D eigenvalue weighted by Crippen LogP contribution is -2.19. The third kappa shape index (κ3) is 5.37. The highest BCUT2D eigenvalue weighted by atomic mass is 19.4. The van der Waals surface area contributed by atoms with E-state index in [1.54, 1.807) is 18.3 Å². The second kappa shape index (κ2) is 8.98. The smallest absolute Gasteiger partial charge is 0.422 e. The number of rotatable bonds is 8. The van der Waals surface area contributed by atoms with Crippen LogP contribution in [0.25, 0.3) is 11.5 Å². The number of ether oxygens (including phenoxy) is 2. The molecule has 0 atom stereocenters. The number of halogens is 3. The predicted octanol–water partition coefficient (Wildman–Crippen LogP) is 4.81. The fourth-order valence-electron chi connectivity index (χ4n) is 2.77. The van der Waals surface area contributed by atoms with Gasteiger partial charge in [-0.3, -0.25) is 9.78 Å². The van der Waals surface area contributed by atoms with Crippen LogP contribution in [0.2, 0.25) is 0 Å². The Morgan fingerprint density at radius 2 is 2.00 bits per heavy atom. The topological polar surface area (TPSA) is 74.5 Å². The van der Waals surface area contributed by atoms with Gasteiger partial charge in [-0.25, -0.2) is 4.98 Å². The lowest BCUT2D eigenvalue weighted by Gasteiger charge is -2.13. The number of ketones is 1. The van der Waals surface area contributed by atoms with Crippen molar-refractivity contribution in [2.75, 3.05) is 13.7 Å². The number of nitrogens with zero attached hydrogens (tertiary/aromatic N) is 2. The van der Waals surface area contributed by atoms with Gasteiger partial charge in [0.1, 0.15) is 12.0 Å². The summed E-state index contributed by atoms with van der Waals surface area (Å²) in [6, 6.07) is 8.01. The Bertz CT molecular complexity index is 1030. The van der Waals surface area contributed by atoms with Gasteiger partial charge in [-0.1, -0.05) is 6.07 Å². The van der Waals surface area contributed by atoms with Crippen LogP contribution in [0.4, 0.5) is 13.2 Å². The molecule has 0 saturated carbocycles. The van der Waals surface area contributed by atoms with Gasteiger partial charge in [-0.2, -0.15) is 13.2 Å². The number of aryl methyl sites for hydroxylation is 2. The molecule has 0 aliphatic rings. The lowest BCUT2D eigenvalue weighted by molar-refractivity contribution is -0.153. The van der Waals surface area contributed by atoms with E-state index in [0.29, 0.717) is 23.4 Å². The zero-order valence-corrected chi connectivity index (χ0v) is 16.3. The number of pyridine rings is 1. The van der Waals surface area contributed by atoms with Crippen LogP contribution >= 0.6 is 0 Å². The van der Waals surface area contributed by atoms with E-state index in [-0.39, 0.29) is 29.6 Å². The van der Waals surface area contributed by atoms with Gasteiger partial charge in [-0.05, 0) is 36.8 Å². The first-order valence-electron chi connectivity index (χ1n) is 9.04. The summed E-state index contributed by atoms with van der Waals surface area (Å²) in [5.41, 5.74) is 2.18. The van der Waals surface area contributed by atoms with E-state index in [9.17, 15) is 18.0 Å². The number of hydrogen-bond donors (Lipinski definition) is 0. The minimum atomic E-state index is -4.48. The number of carbonyl (C=O) groups excluding carboxylic acids is 1. The van der Waals surface area contributed by atoms with Gasteiger partial charge in [0, 0.05) is 24.6 Å². The molecule has 3 rings (SSSR count). The maximum Gasteiger partial charge on any atom is 0.422 e. The van der Waals surface area contributed by atoms with E-state index >= 15 is 0 Å². The van der Waals surface area contributed by atoms with Crippen molar-refractivity contribution >= 4 is 5.78 Å². The van der Waals surface area contributed by atoms with E-state index in [0.717, 1.165) is 5.56 Å². The number of methoxy groups -OCH3 is 1. The van der Waals surface area contributed by atoms with E-state index in [2.05, 4.69) is 9.97 Å². The van der Waals surface area contributed by atoms with Crippen molar-refractivity contribution in [3.8, 4) is 23.0 Å². The highest BCUT2D eigenvalue weighted by Crippen LogP contribution is 2.33. The molecule has 0 unspecified atom stereocenters. The zero-order chi connectivity index (χ0) is 21.7. The van der Waals surface area contributed by atoms with Crippen LogP contribution in [-0.4, -0.2) is 35.6 Å². The van der Waals surface area contributed by atoms with Gasteiger partial charge in [0.25, 0.3) is 0 Å². The summed E-state index contributed by atoms with van der Waals surface area (Å²) in [6.07, 6.45) is -0.959. The average Bonchev–Trinajstić information content (AvgIpc) is 3.19. The molecule has 0 amide bonds. The minimum Gasteiger partial charge on any atom is -0.493 e. The molecule has 0 aliphatic heterocycles. The van der Waals surface area contributed by atoms with Crippen LogP contribution in [0.3, 0.4) is 0 Å². The van der Waals surface area contributed by atoms with E-state index in [4.69, 9.17) is 13.9 Å². The first-order valence-corrected chi connectivity index (χ1v) is 9.04. The lowest BCUT2D eigenvalue weighted by atomic mass is 10.1. The van der Waals surface area contributed by atoms with Gasteiger partial charge in [0.15, 0.2) is 23.9 Å². The molecule has 0 aliphatic carbocycles. The third-order valence-corrected chi connectivity index (χ3v) is 4.24. The van der Waals surface area contributed by atoms with Gasteiger partial charge in [-0.15, -0.1) is 0 Å². The van der Waals surface area contributed by atoms with Gasteiger partial charge >= 0.3 is 6.18 Å². The number of aromatic nitrogens is 2. The molecule has 2 heterocycles. The molecule has 158 valence electrons. The van der Waals surface area contributed by atoms with Crippen molar-refractivity contribution in [3.05, 3.63) is 59.7 Å². The summed E-state index contributed by atoms with van der Waals surface area (Å²) < 4.78 is 52.7. The number of alkyl halides is 3. The van der Waals surface area contributed by atoms with E-state index < -0.39 is 12.8 Å². The summed E-state index contributed by atoms with van der Waals surface area (Å²) in [6.45, 7) is 0.370. The maximum absolute atomic E-state index is 12.5. The number of benzene rings is 1. The van der Waals surface area contributed by atoms with Crippen molar-refractivity contribution in [2.24, 2.45) is 0 Å². The standard InChI is InChI=1S/C21H19F3N2O4/c1-13-4-3-9-25-19(13)16(27)7-6-15-11-29-20(26-15)14-5-8-17(28-2)18(10-14)30-12-21(22,23)24/h3-5,8-11H,6-7,12H2,1-2H3. The van der Waals surface area contributed by atoms with Crippen molar-refractivity contribution in [1.29, 1.82) is 0 Å². The molecule has 1 aromatic carbocycles. The predicted molar refractivity (Wildman–Crippen MR) is 102 cm³/mol. The molecule has 0 N–H and O–H groups in total. The molecule has 6 nitrogen and oxygen atoms in total. The van der Waals surface area contributed by atoms with Crippen LogP contribution in [0.1, 0.15) is 28.2 Å². The van der Waals surface area contributed by atoms with Crippen molar-refractivity contribution < 1.29 is 31.9 Å². The average molecular weight is 420 g/mol. The highest BCUT2D eigenvalue weighted by molar-refractivity contribution is 5.95. The molecule has 0 saturated heterocycles. The summed E-state index contributed by atoms with van der Waals surface area (Å²) in [7, 11) is 1.33. The largest absolute Gasteiger partial charge is 0.493 e. The Balaban J connectivity index is 1.71. The van der Waals surface area contributed by atoms with Gasteiger partial charge in [0.05, 0.1) is 12.8 Å². The molecule has 0 spiro atoms. The Kier molecular flexibility index (Phi) is 6.39. The first-order chi connectivity index (χ1) is 14.3. The normalized spacial score (nSPS) is 11.4. The maximum atomic E-state index is 12.5. The van der Waals surface area contributed by atoms with Crippen molar-refractivity contribution in [2.45, 2.75) is 25.9 Å². The van der Waals surface area contributed by atoms with E-state index in [1.807, 2.05) is 13.0 Å². The number of oxazole rings is 1. The fourth-order valence-corrected chi connectivity index (χ4v) is 2.77. The van der Waals surface area contributed by atoms with Crippen LogP contribution in [0, 0.1) is 6.92 Å². The molecule has 0 fully saturated rings. The van der Waals surface area contributed by atoms with E-state index in [1.165, 1.54) is 25.5 Å². The van der Waals surface area contributed by atoms with Gasteiger partial charge in [0.2, 0.25) is 5.89 Å². The second-order valence-corrected chi connectivity index (χ2v) is 6.51. The molecule has 9 heteroatoms. The van der Waals surface area contributed by atoms with Gasteiger partial charge < -0.3 is 13.9 Å². The Labute approximate surface area is 170 Å². The molecular weight excluding hydrogens is 401 g/mol. The third-order valence-electron chi connectivity index (χ3n) is 4.24. The van der Waals surface area contributed by atoms with Crippen LogP contribution in [0.15, 0.2) is 47.2 Å². The monoisotopic (exact) mass is 420 g/mol. The molecule has 0 radical (unpaired) electrons. The fraction of sp³-hybridized carbons (Fsp3) is 0.286. The zero-order valence-electron chi connectivity index (χ0n) is 16.3. The van der Waals surface area contributed by atoms with Crippen molar-refractivity contribution in [1.82, 2.24) is 9.97 Å². The van der Waals surface area contributed by atoms with Crippen LogP contribution in [-0.2, 0) is 6.42 Å². The van der Waals surface area contributed by atoms with Crippen LogP contribution < -0.4 is 9.47 Å². The number of carbonyl (C=O) groups is 1. The van der Waals surface area contributed by atoms with Crippen LogP contribution in [0.5, 0.6) is 11.5 Å². The number of Topliss-reactive ketones (excluding diaryl/α,β-unsaturated/α-hetero) is 1. The highest BCUT2D eigenvalue weighted by Gasteiger charge is 2.29. The minimum absolute atomic E-state index is 0.0760. The summed E-state index contributed by atoms with van der Waals surface area (Å²) in [5.74, 6) is 0.176.